The number of rotatable bonds is 5. The van der Waals surface area contributed by atoms with E-state index in [1.807, 2.05) is 17.5 Å². The van der Waals surface area contributed by atoms with E-state index in [1.165, 1.54) is 6.07 Å². The Morgan fingerprint density at radius 1 is 1.14 bits per heavy atom. The van der Waals surface area contributed by atoms with E-state index in [0.717, 1.165) is 17.7 Å². The van der Waals surface area contributed by atoms with Crippen LogP contribution in [-0.4, -0.2) is 27.9 Å². The van der Waals surface area contributed by atoms with E-state index in [2.05, 4.69) is 0 Å². The minimum absolute atomic E-state index is 0.0688. The Hall–Kier alpha value is -2.14. The molecule has 1 saturated carbocycles. The quantitative estimate of drug-likeness (QED) is 0.922. The average Bonchev–Trinajstić information content (AvgIpc) is 3.20. The van der Waals surface area contributed by atoms with Crippen molar-refractivity contribution in [2.75, 3.05) is 0 Å². The van der Waals surface area contributed by atoms with Crippen LogP contribution in [-0.2, 0) is 6.54 Å². The standard InChI is InChI=1S/C16H15NO3S/c18-15(13-5-1-2-6-14(13)16(19)20)17(11-7-8-11)10-12-4-3-9-21-12/h1-6,9,11H,7-8,10H2,(H,19,20). The van der Waals surface area contributed by atoms with Crippen LogP contribution in [0.4, 0.5) is 0 Å². The Bertz CT molecular complexity index is 662. The van der Waals surface area contributed by atoms with Gasteiger partial charge in [-0.05, 0) is 36.4 Å². The van der Waals surface area contributed by atoms with Gasteiger partial charge in [0, 0.05) is 10.9 Å². The molecule has 1 aliphatic carbocycles. The molecule has 4 nitrogen and oxygen atoms in total. The van der Waals surface area contributed by atoms with Crippen molar-refractivity contribution >= 4 is 23.2 Å². The first-order valence-electron chi connectivity index (χ1n) is 6.82. The minimum Gasteiger partial charge on any atom is -0.478 e. The highest BCUT2D eigenvalue weighted by atomic mass is 32.1. The third-order valence-corrected chi connectivity index (χ3v) is 4.40. The van der Waals surface area contributed by atoms with Crippen molar-refractivity contribution in [1.29, 1.82) is 0 Å². The first kappa shape index (κ1) is 13.8. The molecular weight excluding hydrogens is 286 g/mol. The van der Waals surface area contributed by atoms with Gasteiger partial charge in [-0.3, -0.25) is 4.79 Å². The van der Waals surface area contributed by atoms with E-state index in [1.54, 1.807) is 34.4 Å². The van der Waals surface area contributed by atoms with E-state index in [0.29, 0.717) is 6.54 Å². The molecule has 108 valence electrons. The van der Waals surface area contributed by atoms with Crippen molar-refractivity contribution in [3.05, 3.63) is 57.8 Å². The number of benzene rings is 1. The maximum atomic E-state index is 12.7. The molecular formula is C16H15NO3S. The Kier molecular flexibility index (Phi) is 3.75. The molecule has 0 aliphatic heterocycles. The van der Waals surface area contributed by atoms with Crippen LogP contribution in [0.3, 0.4) is 0 Å². The molecule has 1 aliphatic rings. The van der Waals surface area contributed by atoms with Crippen LogP contribution in [0.2, 0.25) is 0 Å². The van der Waals surface area contributed by atoms with Crippen molar-refractivity contribution in [2.24, 2.45) is 0 Å². The van der Waals surface area contributed by atoms with Crippen LogP contribution in [0.25, 0.3) is 0 Å². The van der Waals surface area contributed by atoms with Gasteiger partial charge in [0.2, 0.25) is 0 Å². The molecule has 0 atom stereocenters. The zero-order valence-corrected chi connectivity index (χ0v) is 12.2. The van der Waals surface area contributed by atoms with Gasteiger partial charge in [0.1, 0.15) is 0 Å². The molecule has 3 rings (SSSR count). The topological polar surface area (TPSA) is 57.6 Å². The number of nitrogens with zero attached hydrogens (tertiary/aromatic N) is 1. The normalized spacial score (nSPS) is 13.9. The van der Waals surface area contributed by atoms with Crippen LogP contribution in [0, 0.1) is 0 Å². The van der Waals surface area contributed by atoms with Crippen molar-refractivity contribution < 1.29 is 14.7 Å². The number of carboxylic acid groups (broad SMARTS) is 1. The molecule has 0 radical (unpaired) electrons. The summed E-state index contributed by atoms with van der Waals surface area (Å²) >= 11 is 1.61. The number of hydrogen-bond donors (Lipinski definition) is 1. The number of hydrogen-bond acceptors (Lipinski definition) is 3. The Morgan fingerprint density at radius 3 is 2.43 bits per heavy atom. The van der Waals surface area contributed by atoms with Gasteiger partial charge in [0.15, 0.2) is 0 Å². The Morgan fingerprint density at radius 2 is 1.86 bits per heavy atom. The molecule has 0 spiro atoms. The predicted octanol–water partition coefficient (Wildman–Crippen LogP) is 3.25. The second-order valence-electron chi connectivity index (χ2n) is 5.09. The van der Waals surface area contributed by atoms with E-state index in [-0.39, 0.29) is 23.1 Å². The summed E-state index contributed by atoms with van der Waals surface area (Å²) < 4.78 is 0. The number of thiophene rings is 1. The van der Waals surface area contributed by atoms with Gasteiger partial charge in [-0.15, -0.1) is 11.3 Å². The fourth-order valence-corrected chi connectivity index (χ4v) is 3.04. The average molecular weight is 301 g/mol. The van der Waals surface area contributed by atoms with Crippen LogP contribution >= 0.6 is 11.3 Å². The largest absolute Gasteiger partial charge is 0.478 e. The number of carboxylic acids is 1. The van der Waals surface area contributed by atoms with Gasteiger partial charge in [-0.1, -0.05) is 18.2 Å². The number of carbonyl (C=O) groups excluding carboxylic acids is 1. The highest BCUT2D eigenvalue weighted by Crippen LogP contribution is 2.31. The summed E-state index contributed by atoms with van der Waals surface area (Å²) in [5.41, 5.74) is 0.341. The lowest BCUT2D eigenvalue weighted by molar-refractivity contribution is 0.0668. The Labute approximate surface area is 126 Å². The third-order valence-electron chi connectivity index (χ3n) is 3.54. The predicted molar refractivity (Wildman–Crippen MR) is 80.6 cm³/mol. The number of aromatic carboxylic acids is 1. The molecule has 1 N–H and O–H groups in total. The van der Waals surface area contributed by atoms with Gasteiger partial charge in [-0.2, -0.15) is 0 Å². The van der Waals surface area contributed by atoms with E-state index >= 15 is 0 Å². The summed E-state index contributed by atoms with van der Waals surface area (Å²) in [7, 11) is 0. The molecule has 21 heavy (non-hydrogen) atoms. The SMILES string of the molecule is O=C(O)c1ccccc1C(=O)N(Cc1cccs1)C1CC1. The van der Waals surface area contributed by atoms with Gasteiger partial charge < -0.3 is 10.0 Å². The fourth-order valence-electron chi connectivity index (χ4n) is 2.33. The lowest BCUT2D eigenvalue weighted by atomic mass is 10.1. The Balaban J connectivity index is 1.89. The molecule has 5 heteroatoms. The summed E-state index contributed by atoms with van der Waals surface area (Å²) in [5.74, 6) is -1.25. The number of amides is 1. The summed E-state index contributed by atoms with van der Waals surface area (Å²) in [6.07, 6.45) is 1.98. The van der Waals surface area contributed by atoms with Gasteiger partial charge >= 0.3 is 5.97 Å². The molecule has 0 unspecified atom stereocenters. The molecule has 0 saturated heterocycles. The third kappa shape index (κ3) is 2.97. The van der Waals surface area contributed by atoms with Crippen LogP contribution in [0.1, 0.15) is 38.4 Å². The lowest BCUT2D eigenvalue weighted by Crippen LogP contribution is -2.33. The minimum atomic E-state index is -1.06. The summed E-state index contributed by atoms with van der Waals surface area (Å²) in [4.78, 5) is 26.9. The molecule has 1 aromatic carbocycles. The maximum absolute atomic E-state index is 12.7. The summed E-state index contributed by atoms with van der Waals surface area (Å²) in [6, 6.07) is 10.6. The van der Waals surface area contributed by atoms with Crippen molar-refractivity contribution in [2.45, 2.75) is 25.4 Å². The monoisotopic (exact) mass is 301 g/mol. The highest BCUT2D eigenvalue weighted by molar-refractivity contribution is 7.09. The van der Waals surface area contributed by atoms with Crippen LogP contribution < -0.4 is 0 Å². The molecule has 1 aromatic heterocycles. The van der Waals surface area contributed by atoms with Gasteiger partial charge in [-0.25, -0.2) is 4.79 Å². The highest BCUT2D eigenvalue weighted by Gasteiger charge is 2.34. The first-order chi connectivity index (χ1) is 10.2. The zero-order chi connectivity index (χ0) is 14.8. The summed E-state index contributed by atoms with van der Waals surface area (Å²) in [5, 5.41) is 11.2. The van der Waals surface area contributed by atoms with Gasteiger partial charge in [0.05, 0.1) is 17.7 Å². The van der Waals surface area contributed by atoms with E-state index < -0.39 is 5.97 Å². The van der Waals surface area contributed by atoms with Crippen LogP contribution in [0.5, 0.6) is 0 Å². The molecule has 1 fully saturated rings. The van der Waals surface area contributed by atoms with Crippen molar-refractivity contribution in [3.8, 4) is 0 Å². The maximum Gasteiger partial charge on any atom is 0.336 e. The molecule has 1 amide bonds. The van der Waals surface area contributed by atoms with Crippen molar-refractivity contribution in [3.63, 3.8) is 0 Å². The molecule has 0 bridgehead atoms. The fraction of sp³-hybridized carbons (Fsp3) is 0.250. The zero-order valence-electron chi connectivity index (χ0n) is 11.4. The molecule has 1 heterocycles. The first-order valence-corrected chi connectivity index (χ1v) is 7.70. The molecule has 2 aromatic rings. The second-order valence-corrected chi connectivity index (χ2v) is 6.13. The van der Waals surface area contributed by atoms with E-state index in [4.69, 9.17) is 0 Å². The van der Waals surface area contributed by atoms with E-state index in [9.17, 15) is 14.7 Å². The smallest absolute Gasteiger partial charge is 0.336 e. The number of carbonyl (C=O) groups is 2. The van der Waals surface area contributed by atoms with Gasteiger partial charge in [0.25, 0.3) is 5.91 Å². The second kappa shape index (κ2) is 5.69. The van der Waals surface area contributed by atoms with Crippen molar-refractivity contribution in [1.82, 2.24) is 4.90 Å². The summed E-state index contributed by atoms with van der Waals surface area (Å²) in [6.45, 7) is 0.551. The lowest BCUT2D eigenvalue weighted by Gasteiger charge is -2.22. The van der Waals surface area contributed by atoms with Crippen LogP contribution in [0.15, 0.2) is 41.8 Å².